The van der Waals surface area contributed by atoms with Crippen LogP contribution >= 0.6 is 0 Å². The van der Waals surface area contributed by atoms with Gasteiger partial charge in [-0.1, -0.05) is 32.3 Å². The molecule has 166 valence electrons. The minimum Gasteiger partial charge on any atom is -0.456 e. The van der Waals surface area contributed by atoms with E-state index in [4.69, 9.17) is 4.74 Å². The van der Waals surface area contributed by atoms with E-state index in [9.17, 15) is 14.7 Å². The van der Waals surface area contributed by atoms with Gasteiger partial charge in [0, 0.05) is 23.7 Å². The lowest BCUT2D eigenvalue weighted by molar-refractivity contribution is -0.136. The van der Waals surface area contributed by atoms with Crippen molar-refractivity contribution in [3.63, 3.8) is 0 Å². The van der Waals surface area contributed by atoms with E-state index < -0.39 is 11.6 Å². The van der Waals surface area contributed by atoms with Gasteiger partial charge in [0.2, 0.25) is 0 Å². The number of hydrogen-bond donors (Lipinski definition) is 1. The van der Waals surface area contributed by atoms with Crippen LogP contribution in [0, 0.1) is 70.0 Å². The Morgan fingerprint density at radius 1 is 1.26 bits per heavy atom. The van der Waals surface area contributed by atoms with Crippen molar-refractivity contribution in [2.75, 3.05) is 6.61 Å². The van der Waals surface area contributed by atoms with Gasteiger partial charge in [-0.05, 0) is 85.5 Å². The molecular weight excluding hydrogens is 388 g/mol. The molecule has 0 spiro atoms. The Hall–Kier alpha value is -1.60. The largest absolute Gasteiger partial charge is 0.456 e. The monoisotopic (exact) mass is 422 g/mol. The van der Waals surface area contributed by atoms with Gasteiger partial charge in [0.1, 0.15) is 5.60 Å². The summed E-state index contributed by atoms with van der Waals surface area (Å²) in [6, 6.07) is 0. The topological polar surface area (TPSA) is 63.6 Å². The fourth-order valence-corrected chi connectivity index (χ4v) is 9.40. The number of allylic oxidation sites excluding steroid dienone is 1. The first-order valence-corrected chi connectivity index (χ1v) is 12.3. The van der Waals surface area contributed by atoms with Crippen LogP contribution in [0.5, 0.6) is 0 Å². The van der Waals surface area contributed by atoms with E-state index in [1.54, 1.807) is 6.92 Å². The fourth-order valence-electron chi connectivity index (χ4n) is 9.40. The Morgan fingerprint density at radius 3 is 2.77 bits per heavy atom. The molecule has 0 aliphatic heterocycles. The number of ether oxygens (including phenoxy) is 1. The average Bonchev–Trinajstić information content (AvgIpc) is 3.62. The standard InChI is InChI=1S/C27H34O4/c1-5-31-20(29)8-11-27(30)18-13-16(18)24-23-17(7-10-26(24,27)4)25(3)9-6-15(28)12-19(25)21-14(2)22(21)23/h12,14,16-18,21-24,30H,5-7,9-10,13H2,1-4H3/t14-,16+,17?,18?,21?,22?,23?,24?,25?,26?,27?/m0/s1. The number of aliphatic hydroxyl groups is 1. The van der Waals surface area contributed by atoms with E-state index >= 15 is 0 Å². The van der Waals surface area contributed by atoms with Crippen LogP contribution in [0.15, 0.2) is 11.6 Å². The minimum atomic E-state index is -1.09. The van der Waals surface area contributed by atoms with Gasteiger partial charge in [0.05, 0.1) is 6.61 Å². The molecule has 6 rings (SSSR count). The molecule has 4 nitrogen and oxygen atoms in total. The zero-order valence-electron chi connectivity index (χ0n) is 19.1. The Labute approximate surface area is 185 Å². The molecule has 4 heteroatoms. The lowest BCUT2D eigenvalue weighted by Gasteiger charge is -2.59. The molecule has 0 aromatic rings. The van der Waals surface area contributed by atoms with Gasteiger partial charge in [0.15, 0.2) is 5.78 Å². The summed E-state index contributed by atoms with van der Waals surface area (Å²) >= 11 is 0. The maximum absolute atomic E-state index is 12.3. The quantitative estimate of drug-likeness (QED) is 0.397. The van der Waals surface area contributed by atoms with Crippen molar-refractivity contribution in [1.29, 1.82) is 0 Å². The number of carbonyl (C=O) groups is 2. The van der Waals surface area contributed by atoms with Crippen molar-refractivity contribution in [3.05, 3.63) is 11.6 Å². The van der Waals surface area contributed by atoms with Crippen molar-refractivity contribution >= 4 is 11.8 Å². The van der Waals surface area contributed by atoms with Crippen LogP contribution in [0.3, 0.4) is 0 Å². The number of esters is 1. The average molecular weight is 423 g/mol. The molecule has 9 unspecified atom stereocenters. The molecule has 0 aromatic heterocycles. The van der Waals surface area contributed by atoms with E-state index in [1.807, 2.05) is 6.08 Å². The summed E-state index contributed by atoms with van der Waals surface area (Å²) in [6.45, 7) is 9.13. The predicted octanol–water partition coefficient (Wildman–Crippen LogP) is 3.77. The minimum absolute atomic E-state index is 0.132. The van der Waals surface area contributed by atoms with Crippen LogP contribution in [0.1, 0.15) is 59.8 Å². The third-order valence-electron chi connectivity index (χ3n) is 10.9. The molecule has 0 radical (unpaired) electrons. The third kappa shape index (κ3) is 2.32. The second-order valence-corrected chi connectivity index (χ2v) is 11.9. The zero-order valence-corrected chi connectivity index (χ0v) is 19.1. The van der Waals surface area contributed by atoms with Crippen molar-refractivity contribution in [3.8, 4) is 11.8 Å². The van der Waals surface area contributed by atoms with Crippen molar-refractivity contribution in [2.24, 2.45) is 58.2 Å². The number of rotatable bonds is 1. The highest BCUT2D eigenvalue weighted by Gasteiger charge is 2.79. The zero-order chi connectivity index (χ0) is 21.9. The van der Waals surface area contributed by atoms with E-state index in [0.717, 1.165) is 25.7 Å². The smallest absolute Gasteiger partial charge is 0.384 e. The lowest BCUT2D eigenvalue weighted by Crippen LogP contribution is -2.57. The van der Waals surface area contributed by atoms with Crippen LogP contribution in [-0.2, 0) is 14.3 Å². The summed E-state index contributed by atoms with van der Waals surface area (Å²) in [6.07, 6.45) is 6.74. The van der Waals surface area contributed by atoms with Gasteiger partial charge >= 0.3 is 5.97 Å². The maximum atomic E-state index is 12.3. The molecule has 0 heterocycles. The van der Waals surface area contributed by atoms with Crippen LogP contribution < -0.4 is 0 Å². The van der Waals surface area contributed by atoms with Gasteiger partial charge < -0.3 is 9.84 Å². The second-order valence-electron chi connectivity index (χ2n) is 11.9. The van der Waals surface area contributed by atoms with Crippen LogP contribution in [-0.4, -0.2) is 29.1 Å². The van der Waals surface area contributed by atoms with Gasteiger partial charge in [-0.25, -0.2) is 4.79 Å². The molecule has 0 bridgehead atoms. The molecule has 1 N–H and O–H groups in total. The normalized spacial score (nSPS) is 55.3. The fraction of sp³-hybridized carbons (Fsp3) is 0.778. The summed E-state index contributed by atoms with van der Waals surface area (Å²) in [7, 11) is 0. The number of carbonyl (C=O) groups excluding carboxylic acids is 2. The summed E-state index contributed by atoms with van der Waals surface area (Å²) in [4.78, 5) is 24.2. The maximum Gasteiger partial charge on any atom is 0.384 e. The lowest BCUT2D eigenvalue weighted by atomic mass is 9.45. The molecular formula is C27H34O4. The van der Waals surface area contributed by atoms with Crippen LogP contribution in [0.25, 0.3) is 0 Å². The summed E-state index contributed by atoms with van der Waals surface area (Å²) < 4.78 is 5.01. The summed E-state index contributed by atoms with van der Waals surface area (Å²) in [5.74, 6) is 9.66. The first-order valence-electron chi connectivity index (χ1n) is 12.3. The Kier molecular flexibility index (Phi) is 3.91. The molecule has 0 amide bonds. The Bertz CT molecular complexity index is 969. The summed E-state index contributed by atoms with van der Waals surface area (Å²) in [5.41, 5.74) is 0.227. The number of hydrogen-bond acceptors (Lipinski definition) is 4. The van der Waals surface area contributed by atoms with Crippen molar-refractivity contribution in [1.82, 2.24) is 0 Å². The molecule has 6 aliphatic carbocycles. The van der Waals surface area contributed by atoms with E-state index in [1.165, 1.54) is 5.57 Å². The molecule has 31 heavy (non-hydrogen) atoms. The van der Waals surface area contributed by atoms with Crippen LogP contribution in [0.2, 0.25) is 0 Å². The first kappa shape index (κ1) is 20.0. The second kappa shape index (κ2) is 6.04. The molecule has 0 saturated heterocycles. The Balaban J connectivity index is 1.40. The molecule has 5 saturated carbocycles. The van der Waals surface area contributed by atoms with Crippen molar-refractivity contribution in [2.45, 2.75) is 65.4 Å². The first-order chi connectivity index (χ1) is 14.7. The van der Waals surface area contributed by atoms with E-state index in [-0.39, 0.29) is 16.7 Å². The predicted molar refractivity (Wildman–Crippen MR) is 115 cm³/mol. The molecule has 5 fully saturated rings. The van der Waals surface area contributed by atoms with E-state index in [0.29, 0.717) is 60.2 Å². The van der Waals surface area contributed by atoms with E-state index in [2.05, 4.69) is 32.6 Å². The van der Waals surface area contributed by atoms with Gasteiger partial charge in [-0.2, -0.15) is 0 Å². The van der Waals surface area contributed by atoms with Crippen LogP contribution in [0.4, 0.5) is 0 Å². The summed E-state index contributed by atoms with van der Waals surface area (Å²) in [5, 5.41) is 11.9. The SMILES string of the molecule is CCOC(=O)C#CC1(O)C2C[C@H]2C2C3C4C(C5=CC(=O)CCC5(C)C3CCC21C)[C@@H]4C. The Morgan fingerprint density at radius 2 is 2.03 bits per heavy atom. The number of ketones is 1. The molecule has 11 atom stereocenters. The highest BCUT2D eigenvalue weighted by molar-refractivity contribution is 5.92. The third-order valence-corrected chi connectivity index (χ3v) is 10.9. The molecule has 0 aromatic carbocycles. The van der Waals surface area contributed by atoms with Crippen molar-refractivity contribution < 1.29 is 19.4 Å². The molecule has 6 aliphatic rings. The number of fused-ring (bicyclic) bond motifs is 10. The van der Waals surface area contributed by atoms with Gasteiger partial charge in [0.25, 0.3) is 0 Å². The van der Waals surface area contributed by atoms with Gasteiger partial charge in [-0.15, -0.1) is 0 Å². The van der Waals surface area contributed by atoms with Gasteiger partial charge in [-0.3, -0.25) is 4.79 Å². The highest BCUT2D eigenvalue weighted by atomic mass is 16.5. The highest BCUT2D eigenvalue weighted by Crippen LogP contribution is 2.81.